The summed E-state index contributed by atoms with van der Waals surface area (Å²) in [6, 6.07) is 0. The summed E-state index contributed by atoms with van der Waals surface area (Å²) < 4.78 is 5.80. The minimum Gasteiger partial charge on any atom is -0.349 e. The van der Waals surface area contributed by atoms with E-state index in [1.165, 1.54) is 11.8 Å². The van der Waals surface area contributed by atoms with Crippen LogP contribution in [0.2, 0.25) is 0 Å². The van der Waals surface area contributed by atoms with Gasteiger partial charge in [-0.2, -0.15) is 4.37 Å². The SMILES string of the molecule is Cc1nsc(C(=O)NCCSc2nncn2C)n1. The molecule has 0 unspecified atom stereocenters. The van der Waals surface area contributed by atoms with Gasteiger partial charge >= 0.3 is 0 Å². The molecule has 0 atom stereocenters. The largest absolute Gasteiger partial charge is 0.349 e. The van der Waals surface area contributed by atoms with Crippen molar-refractivity contribution in [3.63, 3.8) is 0 Å². The van der Waals surface area contributed by atoms with Crippen molar-refractivity contribution >= 4 is 29.2 Å². The summed E-state index contributed by atoms with van der Waals surface area (Å²) in [6.45, 7) is 2.31. The molecule has 1 amide bonds. The van der Waals surface area contributed by atoms with E-state index in [1.807, 2.05) is 11.6 Å². The molecule has 2 aromatic rings. The lowest BCUT2D eigenvalue weighted by atomic mass is 10.6. The quantitative estimate of drug-likeness (QED) is 0.635. The number of aryl methyl sites for hydroxylation is 2. The van der Waals surface area contributed by atoms with E-state index in [0.29, 0.717) is 17.4 Å². The zero-order valence-corrected chi connectivity index (χ0v) is 11.6. The van der Waals surface area contributed by atoms with Crippen molar-refractivity contribution in [3.05, 3.63) is 17.2 Å². The smallest absolute Gasteiger partial charge is 0.281 e. The number of nitrogens with zero attached hydrogens (tertiary/aromatic N) is 5. The highest BCUT2D eigenvalue weighted by atomic mass is 32.2. The first-order chi connectivity index (χ1) is 8.66. The van der Waals surface area contributed by atoms with Gasteiger partial charge in [-0.3, -0.25) is 4.79 Å². The second-order valence-electron chi connectivity index (χ2n) is 3.48. The van der Waals surface area contributed by atoms with Gasteiger partial charge in [0, 0.05) is 19.3 Å². The Morgan fingerprint density at radius 2 is 2.44 bits per heavy atom. The number of hydrogen-bond donors (Lipinski definition) is 1. The normalized spacial score (nSPS) is 10.6. The molecule has 0 aromatic carbocycles. The molecule has 7 nitrogen and oxygen atoms in total. The topological polar surface area (TPSA) is 85.6 Å². The van der Waals surface area contributed by atoms with Gasteiger partial charge in [-0.15, -0.1) is 10.2 Å². The summed E-state index contributed by atoms with van der Waals surface area (Å²) in [6.07, 6.45) is 1.64. The summed E-state index contributed by atoms with van der Waals surface area (Å²) in [7, 11) is 1.88. The van der Waals surface area contributed by atoms with Crippen LogP contribution in [-0.2, 0) is 7.05 Å². The summed E-state index contributed by atoms with van der Waals surface area (Å²) in [5.41, 5.74) is 0. The second kappa shape index (κ2) is 5.91. The average Bonchev–Trinajstić information content (AvgIpc) is 2.94. The van der Waals surface area contributed by atoms with Crippen LogP contribution in [0.3, 0.4) is 0 Å². The van der Waals surface area contributed by atoms with Gasteiger partial charge in [0.1, 0.15) is 12.2 Å². The molecule has 9 heteroatoms. The third-order valence-electron chi connectivity index (χ3n) is 2.01. The highest BCUT2D eigenvalue weighted by Crippen LogP contribution is 2.12. The Kier molecular flexibility index (Phi) is 4.26. The predicted octanol–water partition coefficient (Wildman–Crippen LogP) is 0.497. The van der Waals surface area contributed by atoms with Crippen LogP contribution in [0.25, 0.3) is 0 Å². The molecule has 0 saturated heterocycles. The van der Waals surface area contributed by atoms with E-state index in [2.05, 4.69) is 24.9 Å². The number of carbonyl (C=O) groups excluding carboxylic acids is 1. The first-order valence-corrected chi connectivity index (χ1v) is 6.98. The lowest BCUT2D eigenvalue weighted by Gasteiger charge is -2.02. The third kappa shape index (κ3) is 3.26. The van der Waals surface area contributed by atoms with Crippen molar-refractivity contribution in [3.8, 4) is 0 Å². The maximum atomic E-state index is 11.6. The van der Waals surface area contributed by atoms with Crippen LogP contribution in [0.4, 0.5) is 0 Å². The van der Waals surface area contributed by atoms with Crippen LogP contribution in [-0.4, -0.2) is 42.3 Å². The molecule has 0 radical (unpaired) electrons. The molecule has 1 N–H and O–H groups in total. The number of thioether (sulfide) groups is 1. The number of carbonyl (C=O) groups is 1. The molecule has 2 heterocycles. The monoisotopic (exact) mass is 284 g/mol. The van der Waals surface area contributed by atoms with Crippen molar-refractivity contribution in [2.75, 3.05) is 12.3 Å². The van der Waals surface area contributed by atoms with Crippen LogP contribution in [0.5, 0.6) is 0 Å². The minimum absolute atomic E-state index is 0.181. The van der Waals surface area contributed by atoms with Crippen LogP contribution >= 0.6 is 23.3 Å². The van der Waals surface area contributed by atoms with Gasteiger partial charge in [0.2, 0.25) is 5.01 Å². The average molecular weight is 284 g/mol. The third-order valence-corrected chi connectivity index (χ3v) is 3.85. The first kappa shape index (κ1) is 13.0. The molecule has 0 fully saturated rings. The Morgan fingerprint density at radius 1 is 1.61 bits per heavy atom. The molecular formula is C9H12N6OS2. The number of amides is 1. The number of hydrogen-bond acceptors (Lipinski definition) is 7. The molecule has 0 bridgehead atoms. The summed E-state index contributed by atoms with van der Waals surface area (Å²) >= 11 is 2.65. The van der Waals surface area contributed by atoms with E-state index in [1.54, 1.807) is 13.3 Å². The first-order valence-electron chi connectivity index (χ1n) is 5.22. The Bertz CT molecular complexity index is 537. The highest BCUT2D eigenvalue weighted by Gasteiger charge is 2.10. The molecule has 18 heavy (non-hydrogen) atoms. The Morgan fingerprint density at radius 3 is 3.06 bits per heavy atom. The van der Waals surface area contributed by atoms with Gasteiger partial charge in [-0.05, 0) is 18.5 Å². The fourth-order valence-electron chi connectivity index (χ4n) is 1.18. The minimum atomic E-state index is -0.181. The van der Waals surface area contributed by atoms with Gasteiger partial charge in [0.05, 0.1) is 0 Å². The van der Waals surface area contributed by atoms with Crippen molar-refractivity contribution in [2.45, 2.75) is 12.1 Å². The van der Waals surface area contributed by atoms with Gasteiger partial charge in [0.25, 0.3) is 5.91 Å². The molecule has 2 rings (SSSR count). The molecular weight excluding hydrogens is 272 g/mol. The van der Waals surface area contributed by atoms with Crippen molar-refractivity contribution in [1.82, 2.24) is 29.4 Å². The zero-order valence-electron chi connectivity index (χ0n) is 9.95. The molecule has 0 aliphatic heterocycles. The second-order valence-corrected chi connectivity index (χ2v) is 5.29. The van der Waals surface area contributed by atoms with E-state index >= 15 is 0 Å². The zero-order chi connectivity index (χ0) is 13.0. The Balaban J connectivity index is 1.73. The Labute approximate surface area is 112 Å². The van der Waals surface area contributed by atoms with Crippen LogP contribution in [0.15, 0.2) is 11.5 Å². The van der Waals surface area contributed by atoms with Crippen LogP contribution in [0.1, 0.15) is 15.6 Å². The fraction of sp³-hybridized carbons (Fsp3) is 0.444. The number of rotatable bonds is 5. The molecule has 2 aromatic heterocycles. The lowest BCUT2D eigenvalue weighted by molar-refractivity contribution is 0.0955. The highest BCUT2D eigenvalue weighted by molar-refractivity contribution is 7.99. The molecule has 0 saturated carbocycles. The van der Waals surface area contributed by atoms with Crippen LogP contribution in [0, 0.1) is 6.92 Å². The fourth-order valence-corrected chi connectivity index (χ4v) is 2.50. The van der Waals surface area contributed by atoms with Crippen molar-refractivity contribution < 1.29 is 4.79 Å². The maximum absolute atomic E-state index is 11.6. The van der Waals surface area contributed by atoms with E-state index in [0.717, 1.165) is 22.4 Å². The molecule has 0 aliphatic carbocycles. The predicted molar refractivity (Wildman–Crippen MR) is 68.7 cm³/mol. The molecule has 96 valence electrons. The number of nitrogens with one attached hydrogen (secondary N) is 1. The van der Waals surface area contributed by atoms with Gasteiger partial charge in [0.15, 0.2) is 5.16 Å². The molecule has 0 spiro atoms. The standard InChI is InChI=1S/C9H12N6OS2/c1-6-12-8(18-14-6)7(16)10-3-4-17-9-13-11-5-15(9)2/h5H,3-4H2,1-2H3,(H,10,16). The lowest BCUT2D eigenvalue weighted by Crippen LogP contribution is -2.25. The van der Waals surface area contributed by atoms with E-state index < -0.39 is 0 Å². The summed E-state index contributed by atoms with van der Waals surface area (Å²) in [5, 5.41) is 11.7. The summed E-state index contributed by atoms with van der Waals surface area (Å²) in [4.78, 5) is 15.7. The van der Waals surface area contributed by atoms with Gasteiger partial charge in [-0.1, -0.05) is 11.8 Å². The Hall–Kier alpha value is -1.48. The number of aromatic nitrogens is 5. The molecule has 0 aliphatic rings. The maximum Gasteiger partial charge on any atom is 0.281 e. The van der Waals surface area contributed by atoms with Gasteiger partial charge in [-0.25, -0.2) is 4.98 Å². The van der Waals surface area contributed by atoms with E-state index in [4.69, 9.17) is 0 Å². The summed E-state index contributed by atoms with van der Waals surface area (Å²) in [5.74, 6) is 1.17. The van der Waals surface area contributed by atoms with Crippen molar-refractivity contribution in [2.24, 2.45) is 7.05 Å². The van der Waals surface area contributed by atoms with Crippen molar-refractivity contribution in [1.29, 1.82) is 0 Å². The van der Waals surface area contributed by atoms with E-state index in [-0.39, 0.29) is 5.91 Å². The van der Waals surface area contributed by atoms with Crippen LogP contribution < -0.4 is 5.32 Å². The van der Waals surface area contributed by atoms with E-state index in [9.17, 15) is 4.79 Å². The van der Waals surface area contributed by atoms with Gasteiger partial charge < -0.3 is 9.88 Å².